The van der Waals surface area contributed by atoms with Gasteiger partial charge in [0.1, 0.15) is 0 Å². The first-order valence-corrected chi connectivity index (χ1v) is 10.4. The number of hydrogen-bond donors (Lipinski definition) is 0. The molecule has 0 amide bonds. The van der Waals surface area contributed by atoms with E-state index in [-0.39, 0.29) is 0 Å². The molecule has 0 radical (unpaired) electrons. The Morgan fingerprint density at radius 3 is 2.58 bits per heavy atom. The molecule has 1 aliphatic carbocycles. The molecular formula is C22H26Cl2N2. The second-order valence-electron chi connectivity index (χ2n) is 8.10. The maximum absolute atomic E-state index is 6.39. The predicted molar refractivity (Wildman–Crippen MR) is 111 cm³/mol. The third-order valence-corrected chi connectivity index (χ3v) is 7.57. The van der Waals surface area contributed by atoms with Crippen LogP contribution >= 0.6 is 23.2 Å². The van der Waals surface area contributed by atoms with Crippen molar-refractivity contribution in [3.05, 3.63) is 46.1 Å². The maximum Gasteiger partial charge on any atom is 0.0748 e. The van der Waals surface area contributed by atoms with Crippen molar-refractivity contribution < 1.29 is 0 Å². The van der Waals surface area contributed by atoms with Gasteiger partial charge in [-0.1, -0.05) is 55.1 Å². The highest BCUT2D eigenvalue weighted by molar-refractivity contribution is 6.43. The molecule has 4 rings (SSSR count). The van der Waals surface area contributed by atoms with E-state index in [0.29, 0.717) is 15.5 Å². The van der Waals surface area contributed by atoms with Crippen LogP contribution in [0.1, 0.15) is 44.6 Å². The Labute approximate surface area is 166 Å². The highest BCUT2D eigenvalue weighted by Gasteiger charge is 2.42. The minimum atomic E-state index is 0.571. The summed E-state index contributed by atoms with van der Waals surface area (Å²) in [6.07, 6.45) is 8.87. The average Bonchev–Trinajstić information content (AvgIpc) is 2.98. The van der Waals surface area contributed by atoms with Gasteiger partial charge in [0.05, 0.1) is 27.6 Å². The summed E-state index contributed by atoms with van der Waals surface area (Å²) in [6, 6.07) is 7.96. The van der Waals surface area contributed by atoms with E-state index in [1.54, 1.807) is 0 Å². The van der Waals surface area contributed by atoms with Crippen molar-refractivity contribution >= 4 is 28.9 Å². The minimum absolute atomic E-state index is 0.571. The average molecular weight is 389 g/mol. The number of benzene rings is 1. The standard InChI is InChI=1S/C22H26Cl2N2/c1-15-13-17(14-25-21(15)18-6-3-7-19(23)20(18)24)26-11-9-22(10-12-26)8-4-5-16(22)2/h3,6-7,13-14,16H,4-5,8-12H2,1-2H3/t16-/m1/s1. The Morgan fingerprint density at radius 2 is 1.92 bits per heavy atom. The lowest BCUT2D eigenvalue weighted by Gasteiger charge is -2.43. The van der Waals surface area contributed by atoms with Gasteiger partial charge in [-0.2, -0.15) is 0 Å². The van der Waals surface area contributed by atoms with E-state index in [9.17, 15) is 0 Å². The van der Waals surface area contributed by atoms with Crippen LogP contribution in [0.3, 0.4) is 0 Å². The van der Waals surface area contributed by atoms with Gasteiger partial charge < -0.3 is 4.90 Å². The molecule has 2 aliphatic rings. The second kappa shape index (κ2) is 7.05. The molecule has 0 unspecified atom stereocenters. The number of rotatable bonds is 2. The summed E-state index contributed by atoms with van der Waals surface area (Å²) < 4.78 is 0. The van der Waals surface area contributed by atoms with Gasteiger partial charge in [0.2, 0.25) is 0 Å². The van der Waals surface area contributed by atoms with Crippen molar-refractivity contribution in [1.82, 2.24) is 4.98 Å². The zero-order chi connectivity index (χ0) is 18.3. The van der Waals surface area contributed by atoms with Crippen molar-refractivity contribution in [2.75, 3.05) is 18.0 Å². The van der Waals surface area contributed by atoms with Gasteiger partial charge in [0.15, 0.2) is 0 Å². The van der Waals surface area contributed by atoms with Crippen LogP contribution in [0.4, 0.5) is 5.69 Å². The van der Waals surface area contributed by atoms with Gasteiger partial charge in [0, 0.05) is 18.7 Å². The molecule has 1 aliphatic heterocycles. The van der Waals surface area contributed by atoms with E-state index < -0.39 is 0 Å². The zero-order valence-corrected chi connectivity index (χ0v) is 17.1. The van der Waals surface area contributed by atoms with Gasteiger partial charge in [-0.3, -0.25) is 4.98 Å². The molecule has 4 heteroatoms. The quantitative estimate of drug-likeness (QED) is 0.563. The lowest BCUT2D eigenvalue weighted by molar-refractivity contribution is 0.162. The Hall–Kier alpha value is -1.25. The van der Waals surface area contributed by atoms with Crippen LogP contribution in [-0.4, -0.2) is 18.1 Å². The Balaban J connectivity index is 1.55. The number of nitrogens with zero attached hydrogens (tertiary/aromatic N) is 2. The third-order valence-electron chi connectivity index (χ3n) is 6.75. The molecule has 1 aromatic heterocycles. The maximum atomic E-state index is 6.39. The van der Waals surface area contributed by atoms with E-state index in [2.05, 4.69) is 24.8 Å². The fraction of sp³-hybridized carbons (Fsp3) is 0.500. The fourth-order valence-corrected chi connectivity index (χ4v) is 5.36. The van der Waals surface area contributed by atoms with E-state index >= 15 is 0 Å². The van der Waals surface area contributed by atoms with Crippen LogP contribution in [-0.2, 0) is 0 Å². The Bertz CT molecular complexity index is 810. The first kappa shape index (κ1) is 18.1. The van der Waals surface area contributed by atoms with Crippen molar-refractivity contribution in [2.24, 2.45) is 11.3 Å². The van der Waals surface area contributed by atoms with Crippen LogP contribution in [0.2, 0.25) is 10.0 Å². The molecule has 2 heterocycles. The molecule has 26 heavy (non-hydrogen) atoms. The number of aryl methyl sites for hydroxylation is 1. The lowest BCUT2D eigenvalue weighted by Crippen LogP contribution is -2.41. The van der Waals surface area contributed by atoms with Crippen LogP contribution in [0.15, 0.2) is 30.5 Å². The van der Waals surface area contributed by atoms with Crippen LogP contribution < -0.4 is 4.90 Å². The summed E-state index contributed by atoms with van der Waals surface area (Å²) in [7, 11) is 0. The number of hydrogen-bond acceptors (Lipinski definition) is 2. The number of anilines is 1. The van der Waals surface area contributed by atoms with Crippen molar-refractivity contribution in [1.29, 1.82) is 0 Å². The molecule has 1 saturated heterocycles. The monoisotopic (exact) mass is 388 g/mol. The fourth-order valence-electron chi connectivity index (χ4n) is 4.97. The lowest BCUT2D eigenvalue weighted by atomic mass is 9.71. The van der Waals surface area contributed by atoms with E-state index in [4.69, 9.17) is 28.2 Å². The molecule has 1 aromatic carbocycles. The number of piperidine rings is 1. The van der Waals surface area contributed by atoms with Gasteiger partial charge in [-0.15, -0.1) is 0 Å². The predicted octanol–water partition coefficient (Wildman–Crippen LogP) is 6.77. The van der Waals surface area contributed by atoms with E-state index in [1.165, 1.54) is 37.8 Å². The zero-order valence-electron chi connectivity index (χ0n) is 15.6. The first-order chi connectivity index (χ1) is 12.5. The Morgan fingerprint density at radius 1 is 1.15 bits per heavy atom. The summed E-state index contributed by atoms with van der Waals surface area (Å²) in [5, 5.41) is 1.15. The third kappa shape index (κ3) is 3.12. The molecule has 1 atom stereocenters. The van der Waals surface area contributed by atoms with Crippen molar-refractivity contribution in [2.45, 2.75) is 46.0 Å². The normalized spacial score (nSPS) is 22.2. The molecule has 0 N–H and O–H groups in total. The molecule has 2 aromatic rings. The summed E-state index contributed by atoms with van der Waals surface area (Å²) >= 11 is 12.6. The molecular weight excluding hydrogens is 363 g/mol. The smallest absolute Gasteiger partial charge is 0.0748 e. The Kier molecular flexibility index (Phi) is 4.92. The van der Waals surface area contributed by atoms with Crippen molar-refractivity contribution in [3.8, 4) is 11.3 Å². The summed E-state index contributed by atoms with van der Waals surface area (Å²) in [5.74, 6) is 0.886. The number of aromatic nitrogens is 1. The largest absolute Gasteiger partial charge is 0.370 e. The summed E-state index contributed by atoms with van der Waals surface area (Å²) in [6.45, 7) is 6.84. The molecule has 2 nitrogen and oxygen atoms in total. The van der Waals surface area contributed by atoms with Crippen LogP contribution in [0, 0.1) is 18.3 Å². The van der Waals surface area contributed by atoms with Gasteiger partial charge in [-0.05, 0) is 55.2 Å². The molecule has 1 saturated carbocycles. The van der Waals surface area contributed by atoms with Gasteiger partial charge >= 0.3 is 0 Å². The van der Waals surface area contributed by atoms with Gasteiger partial charge in [-0.25, -0.2) is 0 Å². The first-order valence-electron chi connectivity index (χ1n) is 9.66. The SMILES string of the molecule is Cc1cc(N2CCC3(CCC[C@H]3C)CC2)cnc1-c1cccc(Cl)c1Cl. The number of halogens is 2. The summed E-state index contributed by atoms with van der Waals surface area (Å²) in [5.41, 5.74) is 4.79. The van der Waals surface area contributed by atoms with E-state index in [0.717, 1.165) is 35.8 Å². The second-order valence-corrected chi connectivity index (χ2v) is 8.89. The number of pyridine rings is 1. The highest BCUT2D eigenvalue weighted by Crippen LogP contribution is 2.50. The van der Waals surface area contributed by atoms with E-state index in [1.807, 2.05) is 24.4 Å². The van der Waals surface area contributed by atoms with Gasteiger partial charge in [0.25, 0.3) is 0 Å². The van der Waals surface area contributed by atoms with Crippen molar-refractivity contribution in [3.63, 3.8) is 0 Å². The molecule has 1 spiro atoms. The molecule has 0 bridgehead atoms. The minimum Gasteiger partial charge on any atom is -0.370 e. The van der Waals surface area contributed by atoms with Crippen LogP contribution in [0.5, 0.6) is 0 Å². The topological polar surface area (TPSA) is 16.1 Å². The molecule has 2 fully saturated rings. The highest BCUT2D eigenvalue weighted by atomic mass is 35.5. The van der Waals surface area contributed by atoms with Crippen LogP contribution in [0.25, 0.3) is 11.3 Å². The summed E-state index contributed by atoms with van der Waals surface area (Å²) in [4.78, 5) is 7.24. The molecule has 138 valence electrons.